The van der Waals surface area contributed by atoms with Crippen LogP contribution < -0.4 is 0 Å². The Morgan fingerprint density at radius 3 is 2.96 bits per heavy atom. The van der Waals surface area contributed by atoms with E-state index in [0.29, 0.717) is 25.3 Å². The highest BCUT2D eigenvalue weighted by atomic mass is 16.5. The van der Waals surface area contributed by atoms with E-state index in [9.17, 15) is 4.79 Å². The molecule has 1 aliphatic rings. The van der Waals surface area contributed by atoms with Crippen LogP contribution in [0.15, 0.2) is 36.5 Å². The minimum atomic E-state index is -0.147. The van der Waals surface area contributed by atoms with Crippen LogP contribution in [0, 0.1) is 0 Å². The van der Waals surface area contributed by atoms with E-state index in [1.54, 1.807) is 13.3 Å². The van der Waals surface area contributed by atoms with Crippen molar-refractivity contribution in [2.75, 3.05) is 13.7 Å². The van der Waals surface area contributed by atoms with Crippen molar-refractivity contribution in [3.8, 4) is 0 Å². The van der Waals surface area contributed by atoms with E-state index in [2.05, 4.69) is 15.2 Å². The Morgan fingerprint density at radius 2 is 2.12 bits per heavy atom. The molecule has 0 aliphatic carbocycles. The molecule has 0 spiro atoms. The second-order valence-electron chi connectivity index (χ2n) is 6.15. The third-order valence-corrected chi connectivity index (χ3v) is 4.63. The number of hydrogen-bond donors (Lipinski definition) is 0. The number of amides is 1. The minimum Gasteiger partial charge on any atom is -0.377 e. The molecule has 25 heavy (non-hydrogen) atoms. The summed E-state index contributed by atoms with van der Waals surface area (Å²) in [5.41, 5.74) is 1.48. The molecule has 1 unspecified atom stereocenters. The fourth-order valence-corrected chi connectivity index (χ4v) is 3.31. The Balaban J connectivity index is 1.63. The molecule has 2 aromatic heterocycles. The monoisotopic (exact) mass is 337 g/mol. The standard InChI is InChI=1S/C18H19N5O2/c1-12-17-21-20-16(11-25-2)23(17)8-7-22(12)18(24)14-9-13-5-3-4-6-15(13)19-10-14/h3-6,9-10,12H,7-8,11H2,1-2H3. The lowest BCUT2D eigenvalue weighted by Crippen LogP contribution is -2.41. The van der Waals surface area contributed by atoms with Crippen molar-refractivity contribution in [1.29, 1.82) is 0 Å². The molecule has 7 nitrogen and oxygen atoms in total. The van der Waals surface area contributed by atoms with Crippen molar-refractivity contribution < 1.29 is 9.53 Å². The number of aromatic nitrogens is 4. The van der Waals surface area contributed by atoms with E-state index in [1.807, 2.05) is 46.7 Å². The summed E-state index contributed by atoms with van der Waals surface area (Å²) in [6.07, 6.45) is 1.65. The van der Waals surface area contributed by atoms with Crippen molar-refractivity contribution >= 4 is 16.8 Å². The summed E-state index contributed by atoms with van der Waals surface area (Å²) < 4.78 is 7.20. The van der Waals surface area contributed by atoms with Gasteiger partial charge in [0.1, 0.15) is 6.61 Å². The van der Waals surface area contributed by atoms with Gasteiger partial charge in [-0.1, -0.05) is 18.2 Å². The summed E-state index contributed by atoms with van der Waals surface area (Å²) in [6, 6.07) is 9.54. The van der Waals surface area contributed by atoms with Crippen LogP contribution in [0.4, 0.5) is 0 Å². The smallest absolute Gasteiger partial charge is 0.256 e. The third kappa shape index (κ3) is 2.66. The summed E-state index contributed by atoms with van der Waals surface area (Å²) >= 11 is 0. The lowest BCUT2D eigenvalue weighted by molar-refractivity contribution is 0.0632. The van der Waals surface area contributed by atoms with E-state index < -0.39 is 0 Å². The molecular weight excluding hydrogens is 318 g/mol. The molecule has 3 heterocycles. The first kappa shape index (κ1) is 15.7. The molecule has 0 bridgehead atoms. The number of para-hydroxylation sites is 1. The van der Waals surface area contributed by atoms with Gasteiger partial charge in [0.05, 0.1) is 17.1 Å². The van der Waals surface area contributed by atoms with Crippen molar-refractivity contribution in [2.24, 2.45) is 0 Å². The topological polar surface area (TPSA) is 73.1 Å². The normalized spacial score (nSPS) is 16.9. The van der Waals surface area contributed by atoms with Gasteiger partial charge in [0, 0.05) is 31.8 Å². The van der Waals surface area contributed by atoms with Crippen LogP contribution in [0.25, 0.3) is 10.9 Å². The molecule has 0 saturated carbocycles. The Bertz CT molecular complexity index is 936. The van der Waals surface area contributed by atoms with Crippen LogP contribution in [0.1, 0.15) is 35.0 Å². The zero-order valence-electron chi connectivity index (χ0n) is 14.2. The minimum absolute atomic E-state index is 0.0340. The first-order valence-corrected chi connectivity index (χ1v) is 8.25. The lowest BCUT2D eigenvalue weighted by atomic mass is 10.1. The molecular formula is C18H19N5O2. The molecule has 3 aromatic rings. The van der Waals surface area contributed by atoms with Gasteiger partial charge in [-0.05, 0) is 19.1 Å². The van der Waals surface area contributed by atoms with Crippen LogP contribution >= 0.6 is 0 Å². The second-order valence-corrected chi connectivity index (χ2v) is 6.15. The molecule has 1 atom stereocenters. The number of hydrogen-bond acceptors (Lipinski definition) is 5. The molecule has 7 heteroatoms. The van der Waals surface area contributed by atoms with Crippen LogP contribution in [-0.2, 0) is 17.9 Å². The van der Waals surface area contributed by atoms with Crippen LogP contribution in [0.5, 0.6) is 0 Å². The van der Waals surface area contributed by atoms with Gasteiger partial charge in [0.2, 0.25) is 0 Å². The molecule has 1 aliphatic heterocycles. The van der Waals surface area contributed by atoms with Gasteiger partial charge in [-0.3, -0.25) is 9.78 Å². The third-order valence-electron chi connectivity index (χ3n) is 4.63. The number of carbonyl (C=O) groups is 1. The van der Waals surface area contributed by atoms with E-state index in [1.165, 1.54) is 0 Å². The zero-order chi connectivity index (χ0) is 17.4. The maximum atomic E-state index is 13.0. The largest absolute Gasteiger partial charge is 0.377 e. The Kier molecular flexibility index (Phi) is 3.93. The Morgan fingerprint density at radius 1 is 1.28 bits per heavy atom. The lowest BCUT2D eigenvalue weighted by Gasteiger charge is -2.33. The van der Waals surface area contributed by atoms with Crippen molar-refractivity contribution in [3.63, 3.8) is 0 Å². The highest BCUT2D eigenvalue weighted by molar-refractivity contribution is 5.97. The van der Waals surface area contributed by atoms with E-state index in [4.69, 9.17) is 4.74 Å². The average Bonchev–Trinajstić information content (AvgIpc) is 3.05. The van der Waals surface area contributed by atoms with E-state index in [-0.39, 0.29) is 11.9 Å². The van der Waals surface area contributed by atoms with Gasteiger partial charge in [0.25, 0.3) is 5.91 Å². The molecule has 0 saturated heterocycles. The van der Waals surface area contributed by atoms with Gasteiger partial charge < -0.3 is 14.2 Å². The molecule has 0 N–H and O–H groups in total. The van der Waals surface area contributed by atoms with E-state index in [0.717, 1.165) is 22.6 Å². The van der Waals surface area contributed by atoms with Crippen LogP contribution in [0.2, 0.25) is 0 Å². The predicted octanol–water partition coefficient (Wildman–Crippen LogP) is 2.19. The second kappa shape index (κ2) is 6.25. The first-order valence-electron chi connectivity index (χ1n) is 8.25. The highest BCUT2D eigenvalue weighted by Gasteiger charge is 2.31. The SMILES string of the molecule is COCc1nnc2n1CCN(C(=O)c1cnc3ccccc3c1)C2C. The summed E-state index contributed by atoms with van der Waals surface area (Å²) in [5.74, 6) is 1.55. The van der Waals surface area contributed by atoms with Crippen LogP contribution in [0.3, 0.4) is 0 Å². The van der Waals surface area contributed by atoms with Crippen LogP contribution in [-0.4, -0.2) is 44.2 Å². The number of ether oxygens (including phenoxy) is 1. The van der Waals surface area contributed by atoms with Gasteiger partial charge in [0.15, 0.2) is 11.6 Å². The fourth-order valence-electron chi connectivity index (χ4n) is 3.31. The van der Waals surface area contributed by atoms with Gasteiger partial charge in [-0.15, -0.1) is 10.2 Å². The maximum Gasteiger partial charge on any atom is 0.256 e. The fraction of sp³-hybridized carbons (Fsp3) is 0.333. The summed E-state index contributed by atoms with van der Waals surface area (Å²) in [7, 11) is 1.64. The van der Waals surface area contributed by atoms with Gasteiger partial charge >= 0.3 is 0 Å². The Hall–Kier alpha value is -2.80. The summed E-state index contributed by atoms with van der Waals surface area (Å²) in [5, 5.41) is 9.40. The molecule has 4 rings (SSSR count). The molecule has 0 fully saturated rings. The first-order chi connectivity index (χ1) is 12.2. The van der Waals surface area contributed by atoms with Gasteiger partial charge in [-0.2, -0.15) is 0 Å². The molecule has 128 valence electrons. The maximum absolute atomic E-state index is 13.0. The number of nitrogens with zero attached hydrogens (tertiary/aromatic N) is 5. The number of methoxy groups -OCH3 is 1. The number of pyridine rings is 1. The number of carbonyl (C=O) groups excluding carboxylic acids is 1. The predicted molar refractivity (Wildman–Crippen MR) is 91.9 cm³/mol. The molecule has 1 aromatic carbocycles. The molecule has 0 radical (unpaired) electrons. The quantitative estimate of drug-likeness (QED) is 0.732. The van der Waals surface area contributed by atoms with Crippen molar-refractivity contribution in [1.82, 2.24) is 24.6 Å². The molecule has 1 amide bonds. The summed E-state index contributed by atoms with van der Waals surface area (Å²) in [6.45, 7) is 3.66. The van der Waals surface area contributed by atoms with Crippen molar-refractivity contribution in [2.45, 2.75) is 26.1 Å². The van der Waals surface area contributed by atoms with E-state index >= 15 is 0 Å². The Labute approximate surface area is 145 Å². The zero-order valence-corrected chi connectivity index (χ0v) is 14.2. The highest BCUT2D eigenvalue weighted by Crippen LogP contribution is 2.26. The number of rotatable bonds is 3. The number of fused-ring (bicyclic) bond motifs is 2. The summed E-state index contributed by atoms with van der Waals surface area (Å²) in [4.78, 5) is 19.2. The van der Waals surface area contributed by atoms with Gasteiger partial charge in [-0.25, -0.2) is 0 Å². The van der Waals surface area contributed by atoms with Crippen molar-refractivity contribution in [3.05, 3.63) is 53.7 Å². The average molecular weight is 337 g/mol. The number of benzene rings is 1.